The van der Waals surface area contributed by atoms with Crippen LogP contribution >= 0.6 is 23.2 Å². The molecule has 0 rings (SSSR count). The zero-order chi connectivity index (χ0) is 13.3. The third kappa shape index (κ3) is 6.92. The van der Waals surface area contributed by atoms with Crippen LogP contribution in [-0.2, 0) is 9.84 Å². The van der Waals surface area contributed by atoms with E-state index in [4.69, 9.17) is 28.5 Å². The quantitative estimate of drug-likeness (QED) is 0.504. The van der Waals surface area contributed by atoms with Crippen molar-refractivity contribution in [3.8, 4) is 6.07 Å². The second-order valence-corrected chi connectivity index (χ2v) is 6.81. The molecule has 0 radical (unpaired) electrons. The van der Waals surface area contributed by atoms with E-state index in [0.29, 0.717) is 6.42 Å². The lowest BCUT2D eigenvalue weighted by Gasteiger charge is -2.03. The molecule has 0 aromatic heterocycles. The van der Waals surface area contributed by atoms with Gasteiger partial charge in [-0.1, -0.05) is 62.2 Å². The fourth-order valence-electron chi connectivity index (χ4n) is 1.34. The Balaban J connectivity index is 4.09. The van der Waals surface area contributed by atoms with Crippen molar-refractivity contribution in [3.05, 3.63) is 9.40 Å². The van der Waals surface area contributed by atoms with Crippen molar-refractivity contribution < 1.29 is 8.42 Å². The summed E-state index contributed by atoms with van der Waals surface area (Å²) in [6, 6.07) is 1.52. The summed E-state index contributed by atoms with van der Waals surface area (Å²) >= 11 is 10.9. The van der Waals surface area contributed by atoms with Gasteiger partial charge < -0.3 is 0 Å². The number of hydrogen-bond acceptors (Lipinski definition) is 3. The maximum atomic E-state index is 11.6. The van der Waals surface area contributed by atoms with Gasteiger partial charge in [0.2, 0.25) is 0 Å². The molecule has 6 heteroatoms. The third-order valence-corrected chi connectivity index (χ3v) is 5.26. The Morgan fingerprint density at radius 3 is 2.18 bits per heavy atom. The van der Waals surface area contributed by atoms with Crippen molar-refractivity contribution in [1.29, 1.82) is 5.26 Å². The van der Waals surface area contributed by atoms with Crippen molar-refractivity contribution in [2.24, 2.45) is 0 Å². The van der Waals surface area contributed by atoms with Gasteiger partial charge in [0.15, 0.2) is 14.2 Å². The number of nitriles is 1. The number of hydrogen-bond donors (Lipinski definition) is 0. The second-order valence-electron chi connectivity index (χ2n) is 3.79. The molecule has 0 aromatic carbocycles. The molecule has 0 bridgehead atoms. The molecule has 17 heavy (non-hydrogen) atoms. The average Bonchev–Trinajstić information content (AvgIpc) is 2.31. The van der Waals surface area contributed by atoms with Crippen LogP contribution in [0.4, 0.5) is 0 Å². The largest absolute Gasteiger partial charge is 0.223 e. The predicted molar refractivity (Wildman–Crippen MR) is 71.5 cm³/mol. The Hall–Kier alpha value is -0.240. The molecule has 0 atom stereocenters. The standard InChI is InChI=1S/C11H17Cl2NO2S/c1-2-3-4-5-6-7-8-17(15,16)11(13)10(12)9-14/h2-8H2,1H3/b11-10+. The van der Waals surface area contributed by atoms with Gasteiger partial charge in [0.1, 0.15) is 11.1 Å². The molecule has 0 amide bonds. The highest BCUT2D eigenvalue weighted by molar-refractivity contribution is 7.96. The first-order valence-corrected chi connectivity index (χ1v) is 8.04. The summed E-state index contributed by atoms with van der Waals surface area (Å²) < 4.78 is 22.7. The van der Waals surface area contributed by atoms with Gasteiger partial charge in [-0.25, -0.2) is 8.42 Å². The third-order valence-electron chi connectivity index (χ3n) is 2.31. The minimum absolute atomic E-state index is 0.0458. The summed E-state index contributed by atoms with van der Waals surface area (Å²) in [7, 11) is -3.57. The smallest absolute Gasteiger partial charge is 0.191 e. The number of nitrogens with zero attached hydrogens (tertiary/aromatic N) is 1. The Morgan fingerprint density at radius 1 is 1.12 bits per heavy atom. The van der Waals surface area contributed by atoms with Crippen LogP contribution in [0.15, 0.2) is 9.40 Å². The van der Waals surface area contributed by atoms with Crippen molar-refractivity contribution in [2.45, 2.75) is 45.4 Å². The van der Waals surface area contributed by atoms with E-state index in [-0.39, 0.29) is 5.75 Å². The van der Waals surface area contributed by atoms with Crippen molar-refractivity contribution in [3.63, 3.8) is 0 Å². The maximum absolute atomic E-state index is 11.6. The molecule has 3 nitrogen and oxygen atoms in total. The van der Waals surface area contributed by atoms with Crippen molar-refractivity contribution >= 4 is 33.0 Å². The highest BCUT2D eigenvalue weighted by Crippen LogP contribution is 2.21. The molecule has 0 aromatic rings. The molecule has 0 saturated carbocycles. The van der Waals surface area contributed by atoms with Gasteiger partial charge in [-0.3, -0.25) is 0 Å². The van der Waals surface area contributed by atoms with E-state index < -0.39 is 19.2 Å². The van der Waals surface area contributed by atoms with E-state index in [0.717, 1.165) is 25.7 Å². The Bertz CT molecular complexity index is 396. The van der Waals surface area contributed by atoms with Gasteiger partial charge in [-0.15, -0.1) is 0 Å². The van der Waals surface area contributed by atoms with Crippen LogP contribution in [0.2, 0.25) is 0 Å². The molecule has 98 valence electrons. The number of allylic oxidation sites excluding steroid dienone is 1. The lowest BCUT2D eigenvalue weighted by atomic mass is 10.1. The van der Waals surface area contributed by atoms with Crippen LogP contribution in [0.25, 0.3) is 0 Å². The number of rotatable bonds is 8. The lowest BCUT2D eigenvalue weighted by Crippen LogP contribution is -2.07. The SMILES string of the molecule is CCCCCCCCS(=O)(=O)/C(Cl)=C(/Cl)C#N. The first-order valence-electron chi connectivity index (χ1n) is 5.63. The average molecular weight is 298 g/mol. The van der Waals surface area contributed by atoms with Gasteiger partial charge in [0.05, 0.1) is 5.75 Å². The Labute approximate surface area is 113 Å². The van der Waals surface area contributed by atoms with E-state index >= 15 is 0 Å². The van der Waals surface area contributed by atoms with Crippen molar-refractivity contribution in [2.75, 3.05) is 5.75 Å². The van der Waals surface area contributed by atoms with E-state index in [1.54, 1.807) is 0 Å². The van der Waals surface area contributed by atoms with E-state index in [2.05, 4.69) is 6.92 Å². The number of halogens is 2. The second kappa shape index (κ2) is 8.79. The van der Waals surface area contributed by atoms with Crippen LogP contribution in [0.3, 0.4) is 0 Å². The fourth-order valence-corrected chi connectivity index (χ4v) is 3.05. The molecule has 0 saturated heterocycles. The van der Waals surface area contributed by atoms with Gasteiger partial charge in [-0.05, 0) is 6.42 Å². The first kappa shape index (κ1) is 16.8. The minimum Gasteiger partial charge on any atom is -0.223 e. The van der Waals surface area contributed by atoms with Crippen LogP contribution < -0.4 is 0 Å². The van der Waals surface area contributed by atoms with Crippen molar-refractivity contribution in [1.82, 2.24) is 0 Å². The monoisotopic (exact) mass is 297 g/mol. The Morgan fingerprint density at radius 2 is 1.65 bits per heavy atom. The zero-order valence-corrected chi connectivity index (χ0v) is 12.2. The molecule has 0 aliphatic carbocycles. The van der Waals surface area contributed by atoms with Crippen LogP contribution in [0.1, 0.15) is 45.4 Å². The number of unbranched alkanes of at least 4 members (excludes halogenated alkanes) is 5. The van der Waals surface area contributed by atoms with Crippen LogP contribution in [-0.4, -0.2) is 14.2 Å². The van der Waals surface area contributed by atoms with E-state index in [1.165, 1.54) is 12.5 Å². The summed E-state index contributed by atoms with van der Waals surface area (Å²) in [6.07, 6.45) is 5.89. The minimum atomic E-state index is -3.57. The topological polar surface area (TPSA) is 57.9 Å². The molecule has 0 aliphatic rings. The van der Waals surface area contributed by atoms with E-state index in [1.807, 2.05) is 0 Å². The van der Waals surface area contributed by atoms with Crippen LogP contribution in [0.5, 0.6) is 0 Å². The summed E-state index contributed by atoms with van der Waals surface area (Å²) in [5.74, 6) is -0.0458. The van der Waals surface area contributed by atoms with Gasteiger partial charge in [-0.2, -0.15) is 5.26 Å². The van der Waals surface area contributed by atoms with Gasteiger partial charge >= 0.3 is 0 Å². The molecule has 0 fully saturated rings. The fraction of sp³-hybridized carbons (Fsp3) is 0.727. The zero-order valence-electron chi connectivity index (χ0n) is 9.88. The maximum Gasteiger partial charge on any atom is 0.191 e. The van der Waals surface area contributed by atoms with E-state index in [9.17, 15) is 8.42 Å². The molecule has 0 spiro atoms. The molecule has 0 unspecified atom stereocenters. The predicted octanol–water partition coefficient (Wildman–Crippen LogP) is 3.93. The molecule has 0 heterocycles. The molecular formula is C11H17Cl2NO2S. The summed E-state index contributed by atoms with van der Waals surface area (Å²) in [6.45, 7) is 2.12. The van der Waals surface area contributed by atoms with Gasteiger partial charge in [0, 0.05) is 0 Å². The summed E-state index contributed by atoms with van der Waals surface area (Å²) in [5.41, 5.74) is 0. The number of sulfone groups is 1. The normalized spacial score (nSPS) is 13.1. The highest BCUT2D eigenvalue weighted by Gasteiger charge is 2.19. The lowest BCUT2D eigenvalue weighted by molar-refractivity contribution is 0.590. The molecular weight excluding hydrogens is 281 g/mol. The molecule has 0 N–H and O–H groups in total. The first-order chi connectivity index (χ1) is 7.95. The molecule has 0 aliphatic heterocycles. The highest BCUT2D eigenvalue weighted by atomic mass is 35.5. The summed E-state index contributed by atoms with van der Waals surface area (Å²) in [4.78, 5) is 0. The summed E-state index contributed by atoms with van der Waals surface area (Å²) in [5, 5.41) is 7.99. The van der Waals surface area contributed by atoms with Gasteiger partial charge in [0.25, 0.3) is 0 Å². The van der Waals surface area contributed by atoms with Crippen LogP contribution in [0, 0.1) is 11.3 Å². The Kier molecular flexibility index (Phi) is 8.67.